The van der Waals surface area contributed by atoms with Crippen LogP contribution in [0.15, 0.2) is 70.4 Å². The lowest BCUT2D eigenvalue weighted by atomic mass is 9.91. The summed E-state index contributed by atoms with van der Waals surface area (Å²) in [6.07, 6.45) is 2.65. The first-order valence-electron chi connectivity index (χ1n) is 17.3. The van der Waals surface area contributed by atoms with Crippen LogP contribution in [0, 0.1) is 5.82 Å². The van der Waals surface area contributed by atoms with Gasteiger partial charge in [0.1, 0.15) is 11.4 Å². The number of hydrogen-bond donors (Lipinski definition) is 1. The SMILES string of the molecule is CC(C)N1CCN(Cc2ccc(-c3cccc(-n4c(=O)n(C5CCC(NC(=O)OC(C)(C)C)CC5)c(=O)c5cc(F)cnc54)c3)cc2)CC1. The topological polar surface area (TPSA) is 102 Å². The molecule has 11 heteroatoms. The molecule has 2 aliphatic rings. The van der Waals surface area contributed by atoms with E-state index in [0.29, 0.717) is 37.4 Å². The molecule has 1 saturated heterocycles. The number of benzene rings is 2. The molecule has 1 saturated carbocycles. The highest BCUT2D eigenvalue weighted by atomic mass is 19.1. The van der Waals surface area contributed by atoms with Crippen molar-refractivity contribution >= 4 is 17.1 Å². The Labute approximate surface area is 286 Å². The van der Waals surface area contributed by atoms with Gasteiger partial charge in [-0.1, -0.05) is 36.4 Å². The molecule has 0 unspecified atom stereocenters. The molecule has 4 aromatic rings. The lowest BCUT2D eigenvalue weighted by Gasteiger charge is -2.36. The van der Waals surface area contributed by atoms with E-state index in [4.69, 9.17) is 4.74 Å². The lowest BCUT2D eigenvalue weighted by molar-refractivity contribution is 0.0487. The minimum Gasteiger partial charge on any atom is -0.444 e. The van der Waals surface area contributed by atoms with Gasteiger partial charge in [0.15, 0.2) is 5.65 Å². The fourth-order valence-corrected chi connectivity index (χ4v) is 7.01. The molecular formula is C38H47FN6O4. The van der Waals surface area contributed by atoms with Crippen LogP contribution in [0.1, 0.15) is 71.9 Å². The third-order valence-electron chi connectivity index (χ3n) is 9.61. The fourth-order valence-electron chi connectivity index (χ4n) is 7.01. The van der Waals surface area contributed by atoms with Gasteiger partial charge in [-0.25, -0.2) is 23.5 Å². The van der Waals surface area contributed by atoms with Gasteiger partial charge in [0.2, 0.25) is 0 Å². The van der Waals surface area contributed by atoms with Crippen LogP contribution in [0.4, 0.5) is 9.18 Å². The number of amides is 1. The molecule has 49 heavy (non-hydrogen) atoms. The Bertz CT molecular complexity index is 1910. The molecule has 260 valence electrons. The largest absolute Gasteiger partial charge is 0.444 e. The van der Waals surface area contributed by atoms with E-state index in [0.717, 1.165) is 56.1 Å². The Balaban J connectivity index is 1.25. The van der Waals surface area contributed by atoms with Crippen LogP contribution in [0.5, 0.6) is 0 Å². The van der Waals surface area contributed by atoms with E-state index in [1.54, 1.807) is 26.8 Å². The molecule has 1 aliphatic carbocycles. The summed E-state index contributed by atoms with van der Waals surface area (Å²) in [5.74, 6) is -0.651. The zero-order valence-corrected chi connectivity index (χ0v) is 29.1. The number of ether oxygens (including phenoxy) is 1. The Kier molecular flexibility index (Phi) is 10.0. The number of pyridine rings is 1. The van der Waals surface area contributed by atoms with Gasteiger partial charge in [0.05, 0.1) is 17.3 Å². The van der Waals surface area contributed by atoms with Crippen LogP contribution in [-0.2, 0) is 11.3 Å². The van der Waals surface area contributed by atoms with Crippen LogP contribution in [-0.4, -0.2) is 73.9 Å². The highest BCUT2D eigenvalue weighted by Crippen LogP contribution is 2.29. The van der Waals surface area contributed by atoms with E-state index in [-0.39, 0.29) is 17.1 Å². The summed E-state index contributed by atoms with van der Waals surface area (Å²) in [7, 11) is 0. The molecule has 6 rings (SSSR count). The van der Waals surface area contributed by atoms with Crippen molar-refractivity contribution in [3.8, 4) is 16.8 Å². The normalized spacial score (nSPS) is 19.3. The van der Waals surface area contributed by atoms with E-state index in [1.807, 2.05) is 18.2 Å². The Morgan fingerprint density at radius 3 is 2.31 bits per heavy atom. The number of aromatic nitrogens is 3. The fraction of sp³-hybridized carbons (Fsp3) is 0.474. The quantitative estimate of drug-likeness (QED) is 0.262. The summed E-state index contributed by atoms with van der Waals surface area (Å²) in [5.41, 5.74) is 2.09. The van der Waals surface area contributed by atoms with Gasteiger partial charge in [0.25, 0.3) is 5.56 Å². The predicted octanol–water partition coefficient (Wildman–Crippen LogP) is 5.89. The molecule has 0 atom stereocenters. The number of piperazine rings is 1. The molecule has 0 spiro atoms. The summed E-state index contributed by atoms with van der Waals surface area (Å²) in [6, 6.07) is 17.2. The molecular weight excluding hydrogens is 623 g/mol. The molecule has 1 N–H and O–H groups in total. The van der Waals surface area contributed by atoms with Crippen molar-refractivity contribution in [2.24, 2.45) is 0 Å². The molecule has 2 aromatic carbocycles. The maximum Gasteiger partial charge on any atom is 0.407 e. The molecule has 0 bridgehead atoms. The molecule has 1 amide bonds. The van der Waals surface area contributed by atoms with Gasteiger partial charge in [0, 0.05) is 50.8 Å². The number of nitrogens with zero attached hydrogens (tertiary/aromatic N) is 5. The summed E-state index contributed by atoms with van der Waals surface area (Å²) < 4.78 is 22.5. The smallest absolute Gasteiger partial charge is 0.407 e. The second-order valence-electron chi connectivity index (χ2n) is 14.6. The molecule has 1 aliphatic heterocycles. The molecule has 3 heterocycles. The van der Waals surface area contributed by atoms with Gasteiger partial charge in [-0.05, 0) is 95.2 Å². The van der Waals surface area contributed by atoms with Crippen molar-refractivity contribution < 1.29 is 13.9 Å². The molecule has 0 radical (unpaired) electrons. The monoisotopic (exact) mass is 670 g/mol. The van der Waals surface area contributed by atoms with Crippen molar-refractivity contribution in [2.45, 2.75) is 90.6 Å². The molecule has 2 aromatic heterocycles. The lowest BCUT2D eigenvalue weighted by Crippen LogP contribution is -2.48. The average Bonchev–Trinajstić information content (AvgIpc) is 3.06. The van der Waals surface area contributed by atoms with E-state index in [2.05, 4.69) is 58.2 Å². The van der Waals surface area contributed by atoms with E-state index in [9.17, 15) is 18.8 Å². The number of alkyl carbamates (subject to hydrolysis) is 1. The first-order chi connectivity index (χ1) is 23.4. The third-order valence-corrected chi connectivity index (χ3v) is 9.61. The summed E-state index contributed by atoms with van der Waals surface area (Å²) in [5, 5.41) is 2.95. The van der Waals surface area contributed by atoms with Crippen molar-refractivity contribution in [1.29, 1.82) is 0 Å². The van der Waals surface area contributed by atoms with Crippen molar-refractivity contribution in [3.05, 3.63) is 93.0 Å². The van der Waals surface area contributed by atoms with Crippen molar-refractivity contribution in [1.82, 2.24) is 29.2 Å². The number of carbonyl (C=O) groups is 1. The van der Waals surface area contributed by atoms with Crippen LogP contribution < -0.4 is 16.6 Å². The van der Waals surface area contributed by atoms with Crippen LogP contribution in [0.25, 0.3) is 27.8 Å². The van der Waals surface area contributed by atoms with Crippen LogP contribution in [0.2, 0.25) is 0 Å². The highest BCUT2D eigenvalue weighted by molar-refractivity contribution is 5.76. The summed E-state index contributed by atoms with van der Waals surface area (Å²) in [4.78, 5) is 49.6. The number of rotatable bonds is 7. The van der Waals surface area contributed by atoms with Crippen LogP contribution >= 0.6 is 0 Å². The first kappa shape index (κ1) is 34.5. The average molecular weight is 671 g/mol. The van der Waals surface area contributed by atoms with E-state index in [1.165, 1.54) is 14.7 Å². The van der Waals surface area contributed by atoms with Crippen molar-refractivity contribution in [2.75, 3.05) is 26.2 Å². The van der Waals surface area contributed by atoms with E-state index < -0.39 is 34.8 Å². The van der Waals surface area contributed by atoms with Gasteiger partial charge in [-0.15, -0.1) is 0 Å². The zero-order chi connectivity index (χ0) is 34.9. The maximum atomic E-state index is 14.5. The number of nitrogens with one attached hydrogen (secondary N) is 1. The van der Waals surface area contributed by atoms with Gasteiger partial charge < -0.3 is 10.1 Å². The Morgan fingerprint density at radius 1 is 0.959 bits per heavy atom. The maximum absolute atomic E-state index is 14.5. The highest BCUT2D eigenvalue weighted by Gasteiger charge is 2.29. The number of hydrogen-bond acceptors (Lipinski definition) is 7. The van der Waals surface area contributed by atoms with Gasteiger partial charge in [-0.3, -0.25) is 19.2 Å². The molecule has 2 fully saturated rings. The second kappa shape index (κ2) is 14.2. The predicted molar refractivity (Wildman–Crippen MR) is 190 cm³/mol. The number of halogens is 1. The minimum atomic E-state index is -0.651. The second-order valence-corrected chi connectivity index (χ2v) is 14.6. The summed E-state index contributed by atoms with van der Waals surface area (Å²) in [6.45, 7) is 15.1. The number of carbonyl (C=O) groups excluding carboxylic acids is 1. The van der Waals surface area contributed by atoms with Crippen LogP contribution in [0.3, 0.4) is 0 Å². The standard InChI is InChI=1S/C38H47FN6O4/c1-25(2)43-19-17-42(18-20-43)24-26-9-11-27(12-10-26)28-7-6-8-32(21-28)44-34-33(22-29(39)23-40-34)35(46)45(37(44)48)31-15-13-30(14-16-31)41-36(47)49-38(3,4)5/h6-12,21-23,25,30-31H,13-20,24H2,1-5H3,(H,41,47). The van der Waals surface area contributed by atoms with Gasteiger partial charge >= 0.3 is 11.8 Å². The van der Waals surface area contributed by atoms with E-state index >= 15 is 0 Å². The zero-order valence-electron chi connectivity index (χ0n) is 29.1. The first-order valence-corrected chi connectivity index (χ1v) is 17.3. The van der Waals surface area contributed by atoms with Gasteiger partial charge in [-0.2, -0.15) is 0 Å². The Hall–Kier alpha value is -4.35. The third kappa shape index (κ3) is 7.94. The number of fused-ring (bicyclic) bond motifs is 1. The summed E-state index contributed by atoms with van der Waals surface area (Å²) >= 11 is 0. The molecule has 10 nitrogen and oxygen atoms in total. The Morgan fingerprint density at radius 2 is 1.65 bits per heavy atom. The van der Waals surface area contributed by atoms with Crippen molar-refractivity contribution in [3.63, 3.8) is 0 Å². The minimum absolute atomic E-state index is 0.0394.